The van der Waals surface area contributed by atoms with Crippen LogP contribution in [0.15, 0.2) is 72.8 Å². The fraction of sp³-hybridized carbons (Fsp3) is 0.432. The van der Waals surface area contributed by atoms with E-state index in [0.29, 0.717) is 17.1 Å². The van der Waals surface area contributed by atoms with Crippen LogP contribution in [0.2, 0.25) is 0 Å². The summed E-state index contributed by atoms with van der Waals surface area (Å²) in [5, 5.41) is 33.7. The zero-order valence-corrected chi connectivity index (χ0v) is 29.3. The Bertz CT molecular complexity index is 1530. The number of benzene rings is 3. The van der Waals surface area contributed by atoms with Crippen LogP contribution < -0.4 is 30.7 Å². The number of aromatic hydroxyl groups is 1. The quantitative estimate of drug-likeness (QED) is 0.132. The summed E-state index contributed by atoms with van der Waals surface area (Å²) < 4.78 is 16.0. The maximum Gasteiger partial charge on any atom is 0.407 e. The number of ether oxygens (including phenoxy) is 3. The van der Waals surface area contributed by atoms with Crippen molar-refractivity contribution in [2.24, 2.45) is 5.92 Å². The summed E-state index contributed by atoms with van der Waals surface area (Å²) in [6.07, 6.45) is -2.03. The molecule has 266 valence electrons. The van der Waals surface area contributed by atoms with Crippen LogP contribution in [0.4, 0.5) is 4.79 Å². The van der Waals surface area contributed by atoms with Gasteiger partial charge in [0, 0.05) is 24.7 Å². The molecule has 0 saturated heterocycles. The highest BCUT2D eigenvalue weighted by atomic mass is 16.6. The zero-order valence-electron chi connectivity index (χ0n) is 29.3. The van der Waals surface area contributed by atoms with Crippen molar-refractivity contribution >= 4 is 17.9 Å². The number of nitrogens with one attached hydrogen (secondary N) is 4. The number of rotatable bonds is 16. The second-order valence-electron chi connectivity index (χ2n) is 13.1. The van der Waals surface area contributed by atoms with Gasteiger partial charge < -0.3 is 40.4 Å². The van der Waals surface area contributed by atoms with Crippen molar-refractivity contribution in [3.63, 3.8) is 0 Å². The van der Waals surface area contributed by atoms with E-state index in [4.69, 9.17) is 14.2 Å². The lowest BCUT2D eigenvalue weighted by Gasteiger charge is -2.33. The predicted molar refractivity (Wildman–Crippen MR) is 186 cm³/mol. The highest BCUT2D eigenvalue weighted by Gasteiger charge is 2.37. The minimum Gasteiger partial charge on any atom is -0.507 e. The Morgan fingerprint density at radius 2 is 1.43 bits per heavy atom. The van der Waals surface area contributed by atoms with E-state index in [1.54, 1.807) is 66.0 Å². The van der Waals surface area contributed by atoms with Gasteiger partial charge in [-0.2, -0.15) is 0 Å². The van der Waals surface area contributed by atoms with Gasteiger partial charge in [-0.25, -0.2) is 4.79 Å². The van der Waals surface area contributed by atoms with E-state index in [2.05, 4.69) is 21.3 Å². The molecule has 0 fully saturated rings. The normalized spacial score (nSPS) is 13.8. The molecule has 0 aromatic heterocycles. The van der Waals surface area contributed by atoms with E-state index >= 15 is 0 Å². The van der Waals surface area contributed by atoms with Crippen molar-refractivity contribution in [3.05, 3.63) is 89.5 Å². The molecule has 0 saturated carbocycles. The molecule has 3 aromatic carbocycles. The number of amides is 3. The minimum atomic E-state index is -1.47. The average molecular weight is 679 g/mol. The largest absolute Gasteiger partial charge is 0.507 e. The molecule has 0 radical (unpaired) electrons. The molecular weight excluding hydrogens is 628 g/mol. The number of phenolic OH excluding ortho intramolecular Hbond substituents is 1. The number of methoxy groups -OCH3 is 2. The molecule has 0 aliphatic heterocycles. The van der Waals surface area contributed by atoms with Crippen molar-refractivity contribution in [2.75, 3.05) is 14.2 Å². The Labute approximate surface area is 288 Å². The minimum absolute atomic E-state index is 0.00680. The van der Waals surface area contributed by atoms with Crippen molar-refractivity contribution in [3.8, 4) is 17.2 Å². The van der Waals surface area contributed by atoms with Gasteiger partial charge in [0.2, 0.25) is 11.8 Å². The fourth-order valence-corrected chi connectivity index (χ4v) is 5.09. The first-order valence-corrected chi connectivity index (χ1v) is 16.2. The van der Waals surface area contributed by atoms with Gasteiger partial charge >= 0.3 is 6.09 Å². The van der Waals surface area contributed by atoms with Crippen molar-refractivity contribution in [1.82, 2.24) is 21.3 Å². The Morgan fingerprint density at radius 3 is 2.04 bits per heavy atom. The van der Waals surface area contributed by atoms with E-state index in [-0.39, 0.29) is 31.2 Å². The van der Waals surface area contributed by atoms with Gasteiger partial charge in [0.15, 0.2) is 0 Å². The summed E-state index contributed by atoms with van der Waals surface area (Å²) in [4.78, 5) is 40.5. The van der Waals surface area contributed by atoms with E-state index in [9.17, 15) is 24.6 Å². The molecule has 12 nitrogen and oxygen atoms in total. The monoisotopic (exact) mass is 678 g/mol. The van der Waals surface area contributed by atoms with Crippen LogP contribution in [-0.4, -0.2) is 72.2 Å². The molecular formula is C37H50N4O8. The predicted octanol–water partition coefficient (Wildman–Crippen LogP) is 3.82. The summed E-state index contributed by atoms with van der Waals surface area (Å²) in [6.45, 7) is 8.93. The molecule has 6 N–H and O–H groups in total. The van der Waals surface area contributed by atoms with Gasteiger partial charge in [0.1, 0.15) is 34.9 Å². The molecule has 0 heterocycles. The third-order valence-electron chi connectivity index (χ3n) is 7.69. The molecule has 49 heavy (non-hydrogen) atoms. The Balaban J connectivity index is 1.89. The van der Waals surface area contributed by atoms with Crippen LogP contribution in [0.1, 0.15) is 51.3 Å². The average Bonchev–Trinajstić information content (AvgIpc) is 3.05. The first-order valence-electron chi connectivity index (χ1n) is 16.2. The van der Waals surface area contributed by atoms with E-state index in [0.717, 1.165) is 11.1 Å². The maximum atomic E-state index is 14.1. The smallest absolute Gasteiger partial charge is 0.407 e. The van der Waals surface area contributed by atoms with Gasteiger partial charge in [-0.3, -0.25) is 14.9 Å². The third kappa shape index (κ3) is 12.3. The van der Waals surface area contributed by atoms with Crippen molar-refractivity contribution < 1.29 is 38.8 Å². The molecule has 3 rings (SSSR count). The van der Waals surface area contributed by atoms with Gasteiger partial charge in [-0.1, -0.05) is 56.3 Å². The lowest BCUT2D eigenvalue weighted by molar-refractivity contribution is -0.133. The summed E-state index contributed by atoms with van der Waals surface area (Å²) in [7, 11) is 3.04. The zero-order chi connectivity index (χ0) is 36.1. The van der Waals surface area contributed by atoms with E-state index in [1.165, 1.54) is 13.2 Å². The van der Waals surface area contributed by atoms with Gasteiger partial charge in [-0.05, 0) is 68.5 Å². The van der Waals surface area contributed by atoms with Crippen LogP contribution in [0, 0.1) is 5.92 Å². The molecule has 3 aromatic rings. The van der Waals surface area contributed by atoms with Crippen LogP contribution >= 0.6 is 0 Å². The molecule has 0 aliphatic carbocycles. The molecule has 0 bridgehead atoms. The molecule has 4 atom stereocenters. The lowest BCUT2D eigenvalue weighted by Crippen LogP contribution is -2.62. The Hall–Kier alpha value is -4.81. The van der Waals surface area contributed by atoms with E-state index in [1.807, 2.05) is 42.5 Å². The van der Waals surface area contributed by atoms with Gasteiger partial charge in [-0.15, -0.1) is 0 Å². The second kappa shape index (κ2) is 18.1. The molecule has 0 aliphatic rings. The van der Waals surface area contributed by atoms with E-state index < -0.39 is 47.7 Å². The number of hydrogen-bond donors (Lipinski definition) is 6. The number of phenols is 1. The van der Waals surface area contributed by atoms with Crippen molar-refractivity contribution in [1.29, 1.82) is 0 Å². The second-order valence-corrected chi connectivity index (χ2v) is 13.1. The Morgan fingerprint density at radius 1 is 0.776 bits per heavy atom. The Kier molecular flexibility index (Phi) is 14.3. The standard InChI is InChI=1S/C37H50N4O8/c1-23(2)31(34(44)39-22-26-16-17-28(48-7)20-30(26)42)41-35(45)32(38-21-25-14-11-15-27(18-25)47-6)33(43)29(19-24-12-9-8-10-13-24)40-36(46)49-37(3,4)5/h8-18,20,23,29,31-33,38,42-43H,19,21-22H2,1-7H3,(H,39,44)(H,40,46)(H,41,45)/t29?,31-,32?,33?/m0/s1. The number of carbonyl (C=O) groups excluding carboxylic acids is 3. The molecule has 0 spiro atoms. The highest BCUT2D eigenvalue weighted by molar-refractivity contribution is 5.90. The number of aliphatic hydroxyl groups is 1. The third-order valence-corrected chi connectivity index (χ3v) is 7.69. The van der Waals surface area contributed by atoms with Crippen molar-refractivity contribution in [2.45, 2.75) is 84.0 Å². The van der Waals surface area contributed by atoms with Crippen LogP contribution in [0.25, 0.3) is 0 Å². The number of aliphatic hydroxyl groups excluding tert-OH is 1. The first kappa shape index (κ1) is 38.6. The highest BCUT2D eigenvalue weighted by Crippen LogP contribution is 2.23. The van der Waals surface area contributed by atoms with Crippen LogP contribution in [0.3, 0.4) is 0 Å². The fourth-order valence-electron chi connectivity index (χ4n) is 5.09. The first-order chi connectivity index (χ1) is 23.2. The van der Waals surface area contributed by atoms with Crippen LogP contribution in [0.5, 0.6) is 17.2 Å². The summed E-state index contributed by atoms with van der Waals surface area (Å²) in [5.41, 5.74) is 1.26. The van der Waals surface area contributed by atoms with Crippen LogP contribution in [-0.2, 0) is 33.8 Å². The number of carbonyl (C=O) groups is 3. The summed E-state index contributed by atoms with van der Waals surface area (Å²) in [5.74, 6) is -0.430. The molecule has 3 unspecified atom stereocenters. The number of hydrogen-bond acceptors (Lipinski definition) is 9. The number of alkyl carbamates (subject to hydrolysis) is 1. The topological polar surface area (TPSA) is 167 Å². The summed E-state index contributed by atoms with van der Waals surface area (Å²) in [6, 6.07) is 18.0. The molecule has 3 amide bonds. The summed E-state index contributed by atoms with van der Waals surface area (Å²) >= 11 is 0. The molecule has 12 heteroatoms. The van der Waals surface area contributed by atoms with Gasteiger partial charge in [0.05, 0.1) is 26.4 Å². The van der Waals surface area contributed by atoms with Gasteiger partial charge in [0.25, 0.3) is 0 Å². The lowest BCUT2D eigenvalue weighted by atomic mass is 9.94. The SMILES string of the molecule is COc1cccc(CNC(C(=O)N[C@H](C(=O)NCc2ccc(OC)cc2O)C(C)C)C(O)C(Cc2ccccc2)NC(=O)OC(C)(C)C)c1. The maximum absolute atomic E-state index is 14.1.